The van der Waals surface area contributed by atoms with Crippen LogP contribution in [-0.4, -0.2) is 23.4 Å². The van der Waals surface area contributed by atoms with Crippen LogP contribution in [0.15, 0.2) is 4.52 Å². The lowest BCUT2D eigenvalue weighted by Gasteiger charge is -2.18. The fourth-order valence-corrected chi connectivity index (χ4v) is 2.83. The fraction of sp³-hybridized carbons (Fsp3) is 0.769. The minimum absolute atomic E-state index is 0.000453. The van der Waals surface area contributed by atoms with Crippen molar-refractivity contribution in [2.24, 2.45) is 11.3 Å². The normalized spacial score (nSPS) is 30.9. The van der Waals surface area contributed by atoms with E-state index in [4.69, 9.17) is 14.5 Å². The lowest BCUT2D eigenvalue weighted by atomic mass is 10.00. The lowest BCUT2D eigenvalue weighted by molar-refractivity contribution is 0.0830. The Morgan fingerprint density at radius 1 is 1.33 bits per heavy atom. The molecule has 0 radical (unpaired) electrons. The number of ether oxygens (including phenoxy) is 1. The molecular formula is C13H17N3O2. The van der Waals surface area contributed by atoms with E-state index in [0.29, 0.717) is 11.8 Å². The van der Waals surface area contributed by atoms with Crippen molar-refractivity contribution in [1.82, 2.24) is 10.1 Å². The molecule has 2 fully saturated rings. The molecular weight excluding hydrogens is 230 g/mol. The van der Waals surface area contributed by atoms with Gasteiger partial charge in [0.1, 0.15) is 0 Å². The molecule has 2 unspecified atom stereocenters. The molecule has 96 valence electrons. The first-order valence-electron chi connectivity index (χ1n) is 6.45. The van der Waals surface area contributed by atoms with E-state index >= 15 is 0 Å². The summed E-state index contributed by atoms with van der Waals surface area (Å²) < 4.78 is 10.7. The predicted molar refractivity (Wildman–Crippen MR) is 62.7 cm³/mol. The first-order valence-corrected chi connectivity index (χ1v) is 6.45. The predicted octanol–water partition coefficient (Wildman–Crippen LogP) is 2.23. The van der Waals surface area contributed by atoms with E-state index in [1.807, 2.05) is 0 Å². The van der Waals surface area contributed by atoms with E-state index in [1.54, 1.807) is 0 Å². The Balaban J connectivity index is 1.77. The van der Waals surface area contributed by atoms with Crippen LogP contribution in [0.5, 0.6) is 0 Å². The topological polar surface area (TPSA) is 71.9 Å². The summed E-state index contributed by atoms with van der Waals surface area (Å²) >= 11 is 0. The van der Waals surface area contributed by atoms with Crippen LogP contribution in [0.2, 0.25) is 0 Å². The number of rotatable bonds is 2. The summed E-state index contributed by atoms with van der Waals surface area (Å²) in [4.78, 5) is 4.51. The molecule has 0 amide bonds. The summed E-state index contributed by atoms with van der Waals surface area (Å²) in [6.45, 7) is 5.68. The summed E-state index contributed by atoms with van der Waals surface area (Å²) in [7, 11) is 0. The van der Waals surface area contributed by atoms with E-state index in [0.717, 1.165) is 31.9 Å². The summed E-state index contributed by atoms with van der Waals surface area (Å²) in [5.74, 6) is 1.86. The molecule has 0 spiro atoms. The van der Waals surface area contributed by atoms with Crippen LogP contribution in [0.4, 0.5) is 0 Å². The van der Waals surface area contributed by atoms with Gasteiger partial charge in [0.2, 0.25) is 5.89 Å². The number of nitrogens with zero attached hydrogens (tertiary/aromatic N) is 3. The first kappa shape index (κ1) is 11.7. The highest BCUT2D eigenvalue weighted by Crippen LogP contribution is 2.63. The molecule has 5 heteroatoms. The maximum atomic E-state index is 9.07. The van der Waals surface area contributed by atoms with Crippen molar-refractivity contribution in [1.29, 1.82) is 5.26 Å². The van der Waals surface area contributed by atoms with E-state index < -0.39 is 0 Å². The van der Waals surface area contributed by atoms with Gasteiger partial charge >= 0.3 is 0 Å². The Morgan fingerprint density at radius 2 is 2.06 bits per heavy atom. The van der Waals surface area contributed by atoms with Gasteiger partial charge in [-0.3, -0.25) is 0 Å². The third-order valence-electron chi connectivity index (χ3n) is 4.28. The van der Waals surface area contributed by atoms with E-state index in [1.165, 1.54) is 0 Å². The van der Waals surface area contributed by atoms with Crippen LogP contribution >= 0.6 is 0 Å². The standard InChI is InChI=1S/C13H17N3O2/c1-13(2)9(7-14)10(13)12-15-11(16-18-12)8-3-5-17-6-4-8/h8-10H,3-6H2,1-2H3. The Bertz CT molecular complexity index is 483. The average Bonchev–Trinajstić information content (AvgIpc) is 2.77. The molecule has 0 bridgehead atoms. The van der Waals surface area contributed by atoms with E-state index in [-0.39, 0.29) is 17.3 Å². The highest BCUT2D eigenvalue weighted by molar-refractivity contribution is 5.26. The van der Waals surface area contributed by atoms with E-state index in [2.05, 4.69) is 30.1 Å². The van der Waals surface area contributed by atoms with Crippen LogP contribution in [0.25, 0.3) is 0 Å². The molecule has 2 heterocycles. The molecule has 18 heavy (non-hydrogen) atoms. The number of hydrogen-bond acceptors (Lipinski definition) is 5. The SMILES string of the molecule is CC1(C)C(C#N)C1c1nc(C2CCOCC2)no1. The van der Waals surface area contributed by atoms with Crippen LogP contribution in [0.1, 0.15) is 50.2 Å². The van der Waals surface area contributed by atoms with Crippen molar-refractivity contribution in [3.8, 4) is 6.07 Å². The Labute approximate surface area is 106 Å². The molecule has 1 aliphatic heterocycles. The van der Waals surface area contributed by atoms with Gasteiger partial charge in [-0.15, -0.1) is 0 Å². The third-order valence-corrected chi connectivity index (χ3v) is 4.28. The Morgan fingerprint density at radius 3 is 2.67 bits per heavy atom. The molecule has 5 nitrogen and oxygen atoms in total. The first-order chi connectivity index (χ1) is 8.64. The summed E-state index contributed by atoms with van der Waals surface area (Å²) in [5.41, 5.74) is -0.0335. The lowest BCUT2D eigenvalue weighted by Crippen LogP contribution is -2.15. The Hall–Kier alpha value is -1.41. The van der Waals surface area contributed by atoms with Crippen molar-refractivity contribution in [2.75, 3.05) is 13.2 Å². The fourth-order valence-electron chi connectivity index (χ4n) is 2.83. The minimum Gasteiger partial charge on any atom is -0.381 e. The average molecular weight is 247 g/mol. The molecule has 2 aliphatic rings. The van der Waals surface area contributed by atoms with Crippen molar-refractivity contribution >= 4 is 0 Å². The molecule has 1 saturated heterocycles. The van der Waals surface area contributed by atoms with Gasteiger partial charge < -0.3 is 9.26 Å². The van der Waals surface area contributed by atoms with Crippen LogP contribution in [0.3, 0.4) is 0 Å². The second-order valence-electron chi connectivity index (χ2n) is 5.78. The van der Waals surface area contributed by atoms with Crippen LogP contribution in [0, 0.1) is 22.7 Å². The molecule has 1 aliphatic carbocycles. The zero-order valence-corrected chi connectivity index (χ0v) is 10.7. The van der Waals surface area contributed by atoms with Gasteiger partial charge in [-0.1, -0.05) is 19.0 Å². The number of aromatic nitrogens is 2. The van der Waals surface area contributed by atoms with Gasteiger partial charge in [-0.05, 0) is 18.3 Å². The highest BCUT2D eigenvalue weighted by atomic mass is 16.5. The molecule has 1 aromatic rings. The third kappa shape index (κ3) is 1.72. The van der Waals surface area contributed by atoms with Crippen molar-refractivity contribution < 1.29 is 9.26 Å². The quantitative estimate of drug-likeness (QED) is 0.801. The molecule has 1 aromatic heterocycles. The summed E-state index contributed by atoms with van der Waals surface area (Å²) in [6.07, 6.45) is 1.91. The Kier molecular flexibility index (Phi) is 2.63. The highest BCUT2D eigenvalue weighted by Gasteiger charge is 2.62. The van der Waals surface area contributed by atoms with Gasteiger partial charge in [0.15, 0.2) is 5.82 Å². The summed E-state index contributed by atoms with van der Waals surface area (Å²) in [6, 6.07) is 2.32. The van der Waals surface area contributed by atoms with Crippen molar-refractivity contribution in [3.05, 3.63) is 11.7 Å². The van der Waals surface area contributed by atoms with Gasteiger partial charge in [0.25, 0.3) is 0 Å². The maximum Gasteiger partial charge on any atom is 0.231 e. The molecule has 1 saturated carbocycles. The van der Waals surface area contributed by atoms with Gasteiger partial charge in [0.05, 0.1) is 17.9 Å². The van der Waals surface area contributed by atoms with Crippen molar-refractivity contribution in [3.63, 3.8) is 0 Å². The molecule has 2 atom stereocenters. The second kappa shape index (κ2) is 4.06. The van der Waals surface area contributed by atoms with E-state index in [9.17, 15) is 0 Å². The minimum atomic E-state index is -0.0335. The van der Waals surface area contributed by atoms with Crippen LogP contribution < -0.4 is 0 Å². The zero-order valence-electron chi connectivity index (χ0n) is 10.7. The summed E-state index contributed by atoms with van der Waals surface area (Å²) in [5, 5.41) is 13.2. The largest absolute Gasteiger partial charge is 0.381 e. The number of nitriles is 1. The molecule has 3 rings (SSSR count). The molecule has 0 N–H and O–H groups in total. The monoisotopic (exact) mass is 247 g/mol. The van der Waals surface area contributed by atoms with Crippen molar-refractivity contribution in [2.45, 2.75) is 38.5 Å². The van der Waals surface area contributed by atoms with Crippen LogP contribution in [-0.2, 0) is 4.74 Å². The van der Waals surface area contributed by atoms with Gasteiger partial charge in [-0.2, -0.15) is 10.2 Å². The van der Waals surface area contributed by atoms with Gasteiger partial charge in [-0.25, -0.2) is 0 Å². The maximum absolute atomic E-state index is 9.07. The zero-order chi connectivity index (χ0) is 12.8. The smallest absolute Gasteiger partial charge is 0.231 e. The number of hydrogen-bond donors (Lipinski definition) is 0. The van der Waals surface area contributed by atoms with Gasteiger partial charge in [0, 0.05) is 19.1 Å². The second-order valence-corrected chi connectivity index (χ2v) is 5.78. The molecule has 0 aromatic carbocycles.